The number of fused-ring (bicyclic) bond motifs is 1. The van der Waals surface area contributed by atoms with Gasteiger partial charge in [-0.1, -0.05) is 35.8 Å². The first-order chi connectivity index (χ1) is 16.2. The number of anilines is 1. The van der Waals surface area contributed by atoms with Gasteiger partial charge in [0.15, 0.2) is 0 Å². The van der Waals surface area contributed by atoms with Gasteiger partial charge in [-0.2, -0.15) is 0 Å². The Morgan fingerprint density at radius 1 is 1.29 bits per heavy atom. The summed E-state index contributed by atoms with van der Waals surface area (Å²) in [5, 5.41) is 9.82. The van der Waals surface area contributed by atoms with Crippen LogP contribution in [0.2, 0.25) is 5.02 Å². The molecule has 34 heavy (non-hydrogen) atoms. The maximum atomic E-state index is 12.7. The van der Waals surface area contributed by atoms with Crippen LogP contribution >= 0.6 is 22.9 Å². The number of esters is 1. The van der Waals surface area contributed by atoms with E-state index in [1.807, 2.05) is 0 Å². The summed E-state index contributed by atoms with van der Waals surface area (Å²) >= 11 is 7.37. The molecule has 0 bridgehead atoms. The summed E-state index contributed by atoms with van der Waals surface area (Å²) in [6.45, 7) is 4.01. The summed E-state index contributed by atoms with van der Waals surface area (Å²) in [5.74, 6) is -1.91. The highest BCUT2D eigenvalue weighted by Crippen LogP contribution is 2.40. The number of rotatable bonds is 7. The number of ether oxygens (including phenoxy) is 1. The van der Waals surface area contributed by atoms with Gasteiger partial charge in [0.2, 0.25) is 21.6 Å². The third-order valence-corrected chi connectivity index (χ3v) is 8.18. The Balaban J connectivity index is 1.55. The molecule has 3 aromatic rings. The number of aromatic nitrogens is 2. The van der Waals surface area contributed by atoms with E-state index in [1.54, 1.807) is 31.2 Å². The molecule has 180 valence electrons. The second-order valence-corrected chi connectivity index (χ2v) is 11.3. The number of nitrogens with zero attached hydrogens (tertiary/aromatic N) is 2. The van der Waals surface area contributed by atoms with Gasteiger partial charge in [0.1, 0.15) is 10.8 Å². The van der Waals surface area contributed by atoms with Crippen molar-refractivity contribution < 1.29 is 27.2 Å². The van der Waals surface area contributed by atoms with Crippen LogP contribution in [0, 0.1) is 5.92 Å². The number of nitrogens with one attached hydrogen (secondary N) is 1. The second kappa shape index (κ2) is 9.85. The first-order valence-electron chi connectivity index (χ1n) is 10.6. The third kappa shape index (κ3) is 5.01. The highest BCUT2D eigenvalue weighted by molar-refractivity contribution is 7.91. The smallest absolute Gasteiger partial charge is 0.341 e. The van der Waals surface area contributed by atoms with Crippen molar-refractivity contribution in [1.29, 1.82) is 0 Å². The Hall–Kier alpha value is -2.76. The van der Waals surface area contributed by atoms with E-state index in [2.05, 4.69) is 22.4 Å². The Morgan fingerprint density at radius 2 is 2.06 bits per heavy atom. The number of amides is 1. The van der Waals surface area contributed by atoms with Crippen molar-refractivity contribution in [1.82, 2.24) is 10.2 Å². The van der Waals surface area contributed by atoms with Crippen LogP contribution in [0.3, 0.4) is 0 Å². The zero-order valence-corrected chi connectivity index (χ0v) is 20.8. The molecule has 0 spiro atoms. The number of benzene rings is 1. The second-order valence-electron chi connectivity index (χ2n) is 7.94. The molecule has 1 aliphatic carbocycles. The van der Waals surface area contributed by atoms with Crippen molar-refractivity contribution in [3.05, 3.63) is 45.3 Å². The minimum atomic E-state index is -4.24. The van der Waals surface area contributed by atoms with Crippen LogP contribution in [0.4, 0.5) is 5.00 Å². The van der Waals surface area contributed by atoms with Gasteiger partial charge in [0.25, 0.3) is 0 Å². The molecule has 9 nitrogen and oxygen atoms in total. The molecule has 1 N–H and O–H groups in total. The standard InChI is InChI=1S/C22H22ClN3O6S2/c1-3-31-21(28)18-14-9-8-12(2)10-16(14)33-20(18)24-17(27)11-34(29,30)22-26-25-19(32-22)13-6-4-5-7-15(13)23/h4-7,12H,3,8-11H2,1-2H3,(H,24,27). The predicted molar refractivity (Wildman–Crippen MR) is 127 cm³/mol. The molecular formula is C22H22ClN3O6S2. The van der Waals surface area contributed by atoms with Crippen molar-refractivity contribution in [2.45, 2.75) is 38.3 Å². The molecule has 0 saturated carbocycles. The first kappa shape index (κ1) is 24.4. The molecule has 0 radical (unpaired) electrons. The largest absolute Gasteiger partial charge is 0.462 e. The zero-order valence-electron chi connectivity index (χ0n) is 18.5. The quantitative estimate of drug-likeness (QED) is 0.457. The molecule has 4 rings (SSSR count). The normalized spacial score (nSPS) is 15.6. The van der Waals surface area contributed by atoms with Crippen LogP contribution < -0.4 is 5.32 Å². The summed E-state index contributed by atoms with van der Waals surface area (Å²) < 4.78 is 36.0. The van der Waals surface area contributed by atoms with Crippen molar-refractivity contribution in [3.63, 3.8) is 0 Å². The van der Waals surface area contributed by atoms with Gasteiger partial charge in [-0.15, -0.1) is 16.4 Å². The van der Waals surface area contributed by atoms with Gasteiger partial charge >= 0.3 is 11.2 Å². The Kier molecular flexibility index (Phi) is 7.06. The maximum Gasteiger partial charge on any atom is 0.341 e. The van der Waals surface area contributed by atoms with Crippen molar-refractivity contribution in [2.75, 3.05) is 17.7 Å². The summed E-state index contributed by atoms with van der Waals surface area (Å²) in [5.41, 5.74) is 1.54. The van der Waals surface area contributed by atoms with Gasteiger partial charge in [0.05, 0.1) is 22.8 Å². The molecule has 0 aliphatic heterocycles. The molecule has 0 saturated heterocycles. The van der Waals surface area contributed by atoms with E-state index in [0.717, 1.165) is 23.3 Å². The molecule has 2 heterocycles. The fraction of sp³-hybridized carbons (Fsp3) is 0.364. The lowest BCUT2D eigenvalue weighted by Crippen LogP contribution is -2.24. The van der Waals surface area contributed by atoms with Crippen LogP contribution in [-0.2, 0) is 32.2 Å². The molecule has 2 aromatic heterocycles. The lowest BCUT2D eigenvalue weighted by atomic mass is 9.88. The van der Waals surface area contributed by atoms with E-state index in [1.165, 1.54) is 11.3 Å². The van der Waals surface area contributed by atoms with Crippen LogP contribution in [-0.4, -0.2) is 42.9 Å². The fourth-order valence-electron chi connectivity index (χ4n) is 3.73. The average molecular weight is 524 g/mol. The highest BCUT2D eigenvalue weighted by Gasteiger charge is 2.31. The fourth-order valence-corrected chi connectivity index (χ4v) is 6.28. The molecule has 1 unspecified atom stereocenters. The number of halogens is 1. The molecule has 1 atom stereocenters. The number of hydrogen-bond donors (Lipinski definition) is 1. The molecule has 1 aromatic carbocycles. The van der Waals surface area contributed by atoms with E-state index in [-0.39, 0.29) is 12.5 Å². The van der Waals surface area contributed by atoms with Crippen molar-refractivity contribution in [2.24, 2.45) is 5.92 Å². The molecule has 1 amide bonds. The van der Waals surface area contributed by atoms with Crippen LogP contribution in [0.5, 0.6) is 0 Å². The number of carbonyl (C=O) groups excluding carboxylic acids is 2. The van der Waals surface area contributed by atoms with E-state index >= 15 is 0 Å². The number of carbonyl (C=O) groups is 2. The van der Waals surface area contributed by atoms with E-state index in [9.17, 15) is 18.0 Å². The number of sulfone groups is 1. The van der Waals surface area contributed by atoms with Gasteiger partial charge in [-0.05, 0) is 49.8 Å². The van der Waals surface area contributed by atoms with E-state index in [4.69, 9.17) is 20.8 Å². The van der Waals surface area contributed by atoms with E-state index in [0.29, 0.717) is 33.5 Å². The SMILES string of the molecule is CCOC(=O)c1c(NC(=O)CS(=O)(=O)c2nnc(-c3ccccc3Cl)o2)sc2c1CCC(C)C2. The van der Waals surface area contributed by atoms with Gasteiger partial charge in [0, 0.05) is 4.88 Å². The van der Waals surface area contributed by atoms with E-state index < -0.39 is 32.7 Å². The minimum absolute atomic E-state index is 0.0748. The highest BCUT2D eigenvalue weighted by atomic mass is 35.5. The lowest BCUT2D eigenvalue weighted by molar-refractivity contribution is -0.113. The zero-order chi connectivity index (χ0) is 24.5. The van der Waals surface area contributed by atoms with Gasteiger partial charge in [-0.3, -0.25) is 4.79 Å². The molecule has 1 aliphatic rings. The summed E-state index contributed by atoms with van der Waals surface area (Å²) in [6.07, 6.45) is 2.40. The lowest BCUT2D eigenvalue weighted by Gasteiger charge is -2.18. The first-order valence-corrected chi connectivity index (χ1v) is 13.5. The maximum absolute atomic E-state index is 12.7. The monoisotopic (exact) mass is 523 g/mol. The van der Waals surface area contributed by atoms with Crippen LogP contribution in [0.1, 0.15) is 41.1 Å². The summed E-state index contributed by atoms with van der Waals surface area (Å²) in [7, 11) is -4.24. The third-order valence-electron chi connectivity index (χ3n) is 5.34. The van der Waals surface area contributed by atoms with Crippen molar-refractivity contribution >= 4 is 49.7 Å². The topological polar surface area (TPSA) is 128 Å². The van der Waals surface area contributed by atoms with Crippen LogP contribution in [0.15, 0.2) is 33.9 Å². The number of thiophene rings is 1. The van der Waals surface area contributed by atoms with Crippen LogP contribution in [0.25, 0.3) is 11.5 Å². The minimum Gasteiger partial charge on any atom is -0.462 e. The average Bonchev–Trinajstić information content (AvgIpc) is 3.39. The summed E-state index contributed by atoms with van der Waals surface area (Å²) in [4.78, 5) is 26.3. The van der Waals surface area contributed by atoms with Crippen molar-refractivity contribution in [3.8, 4) is 11.5 Å². The predicted octanol–water partition coefficient (Wildman–Crippen LogP) is 4.17. The number of hydrogen-bond acceptors (Lipinski definition) is 9. The molecular weight excluding hydrogens is 502 g/mol. The Labute approximate surface area is 205 Å². The Morgan fingerprint density at radius 3 is 2.79 bits per heavy atom. The molecule has 0 fully saturated rings. The Bertz CT molecular complexity index is 1350. The van der Waals surface area contributed by atoms with Gasteiger partial charge < -0.3 is 14.5 Å². The van der Waals surface area contributed by atoms with Gasteiger partial charge in [-0.25, -0.2) is 13.2 Å². The summed E-state index contributed by atoms with van der Waals surface area (Å²) in [6, 6.07) is 6.61. The molecule has 12 heteroatoms.